The van der Waals surface area contributed by atoms with Crippen molar-refractivity contribution in [3.05, 3.63) is 0 Å². The molecule has 0 amide bonds. The Morgan fingerprint density at radius 3 is 2.71 bits per heavy atom. The van der Waals surface area contributed by atoms with Gasteiger partial charge in [-0.25, -0.2) is 0 Å². The second kappa shape index (κ2) is 7.63. The van der Waals surface area contributed by atoms with Gasteiger partial charge in [-0.3, -0.25) is 14.6 Å². The maximum Gasteiger partial charge on any atom is 0.323 e. The molecular weight excluding hydrogens is 220 g/mol. The zero-order chi connectivity index (χ0) is 12.7. The van der Waals surface area contributed by atoms with Crippen LogP contribution in [0.1, 0.15) is 13.8 Å². The van der Waals surface area contributed by atoms with E-state index in [0.717, 1.165) is 39.4 Å². The van der Waals surface area contributed by atoms with Crippen molar-refractivity contribution in [1.82, 2.24) is 9.80 Å². The van der Waals surface area contributed by atoms with Crippen molar-refractivity contribution in [2.24, 2.45) is 0 Å². The van der Waals surface area contributed by atoms with Gasteiger partial charge in [-0.1, -0.05) is 0 Å². The Morgan fingerprint density at radius 1 is 1.47 bits per heavy atom. The number of morpholine rings is 1. The Kier molecular flexibility index (Phi) is 6.47. The molecule has 0 aliphatic carbocycles. The minimum absolute atomic E-state index is 0.142. The summed E-state index contributed by atoms with van der Waals surface area (Å²) in [5.74, 6) is -0.142. The molecule has 1 atom stereocenters. The maximum absolute atomic E-state index is 11.5. The first-order chi connectivity index (χ1) is 8.15. The quantitative estimate of drug-likeness (QED) is 0.625. The summed E-state index contributed by atoms with van der Waals surface area (Å²) in [6.45, 7) is 9.62. The first-order valence-electron chi connectivity index (χ1n) is 6.32. The van der Waals surface area contributed by atoms with Crippen molar-refractivity contribution in [3.63, 3.8) is 0 Å². The normalized spacial score (nSPS) is 19.3. The van der Waals surface area contributed by atoms with E-state index >= 15 is 0 Å². The first kappa shape index (κ1) is 14.4. The fraction of sp³-hybridized carbons (Fsp3) is 0.917. The van der Waals surface area contributed by atoms with Crippen LogP contribution in [0.2, 0.25) is 0 Å². The van der Waals surface area contributed by atoms with Crippen LogP contribution in [0, 0.1) is 0 Å². The molecule has 0 aromatic carbocycles. The number of nitrogens with zero attached hydrogens (tertiary/aromatic N) is 2. The third kappa shape index (κ3) is 5.02. The molecule has 0 unspecified atom stereocenters. The minimum Gasteiger partial charge on any atom is -0.465 e. The van der Waals surface area contributed by atoms with Gasteiger partial charge in [0, 0.05) is 26.2 Å². The number of ether oxygens (including phenoxy) is 2. The molecule has 0 saturated carbocycles. The Balaban J connectivity index is 2.22. The third-order valence-electron chi connectivity index (χ3n) is 3.16. The molecule has 0 N–H and O–H groups in total. The molecule has 1 aliphatic rings. The number of likely N-dealkylation sites (N-methyl/N-ethyl adjacent to an activating group) is 1. The summed E-state index contributed by atoms with van der Waals surface area (Å²) in [5, 5.41) is 0. The molecule has 0 radical (unpaired) electrons. The Morgan fingerprint density at radius 2 is 2.12 bits per heavy atom. The molecule has 1 aliphatic heterocycles. The lowest BCUT2D eigenvalue weighted by atomic mass is 10.3. The second-order valence-electron chi connectivity index (χ2n) is 4.36. The molecule has 5 nitrogen and oxygen atoms in total. The Bertz CT molecular complexity index is 230. The van der Waals surface area contributed by atoms with Gasteiger partial charge in [0.15, 0.2) is 0 Å². The zero-order valence-electron chi connectivity index (χ0n) is 11.1. The summed E-state index contributed by atoms with van der Waals surface area (Å²) < 4.78 is 10.3. The molecule has 0 bridgehead atoms. The highest BCUT2D eigenvalue weighted by atomic mass is 16.5. The van der Waals surface area contributed by atoms with Crippen LogP contribution in [0.4, 0.5) is 0 Å². The number of hydrogen-bond acceptors (Lipinski definition) is 5. The van der Waals surface area contributed by atoms with Crippen LogP contribution in [-0.4, -0.2) is 74.9 Å². The van der Waals surface area contributed by atoms with E-state index in [0.29, 0.717) is 6.61 Å². The average molecular weight is 244 g/mol. The van der Waals surface area contributed by atoms with Gasteiger partial charge in [-0.05, 0) is 20.9 Å². The third-order valence-corrected chi connectivity index (χ3v) is 3.16. The molecular formula is C12H24N2O3. The smallest absolute Gasteiger partial charge is 0.323 e. The number of esters is 1. The fourth-order valence-electron chi connectivity index (χ4n) is 1.76. The lowest BCUT2D eigenvalue weighted by Gasteiger charge is -2.30. The van der Waals surface area contributed by atoms with Gasteiger partial charge >= 0.3 is 5.97 Å². The highest BCUT2D eigenvalue weighted by molar-refractivity contribution is 5.75. The number of rotatable bonds is 6. The van der Waals surface area contributed by atoms with Crippen molar-refractivity contribution in [2.45, 2.75) is 19.9 Å². The van der Waals surface area contributed by atoms with E-state index in [9.17, 15) is 4.79 Å². The van der Waals surface area contributed by atoms with Crippen LogP contribution in [0.15, 0.2) is 0 Å². The summed E-state index contributed by atoms with van der Waals surface area (Å²) in [6.07, 6.45) is 0. The van der Waals surface area contributed by atoms with E-state index in [4.69, 9.17) is 9.47 Å². The highest BCUT2D eigenvalue weighted by Gasteiger charge is 2.19. The average Bonchev–Trinajstić information content (AvgIpc) is 2.36. The number of hydrogen-bond donors (Lipinski definition) is 0. The molecule has 1 heterocycles. The van der Waals surface area contributed by atoms with Crippen molar-refractivity contribution in [3.8, 4) is 0 Å². The van der Waals surface area contributed by atoms with Crippen LogP contribution >= 0.6 is 0 Å². The topological polar surface area (TPSA) is 42.0 Å². The van der Waals surface area contributed by atoms with Crippen LogP contribution in [0.5, 0.6) is 0 Å². The molecule has 5 heteroatoms. The van der Waals surface area contributed by atoms with Crippen molar-refractivity contribution in [2.75, 3.05) is 53.0 Å². The van der Waals surface area contributed by atoms with Crippen molar-refractivity contribution in [1.29, 1.82) is 0 Å². The largest absolute Gasteiger partial charge is 0.465 e. The van der Waals surface area contributed by atoms with Crippen LogP contribution in [-0.2, 0) is 14.3 Å². The van der Waals surface area contributed by atoms with E-state index in [2.05, 4.69) is 4.90 Å². The molecule has 0 spiro atoms. The number of carbonyl (C=O) groups excluding carboxylic acids is 1. The van der Waals surface area contributed by atoms with E-state index in [1.165, 1.54) is 0 Å². The van der Waals surface area contributed by atoms with Gasteiger partial charge in [0.2, 0.25) is 0 Å². The van der Waals surface area contributed by atoms with Crippen LogP contribution in [0.3, 0.4) is 0 Å². The second-order valence-corrected chi connectivity index (χ2v) is 4.36. The molecule has 1 fully saturated rings. The van der Waals surface area contributed by atoms with Crippen molar-refractivity contribution < 1.29 is 14.3 Å². The maximum atomic E-state index is 11.5. The Labute approximate surface area is 104 Å². The van der Waals surface area contributed by atoms with Crippen LogP contribution < -0.4 is 0 Å². The summed E-state index contributed by atoms with van der Waals surface area (Å²) >= 11 is 0. The lowest BCUT2D eigenvalue weighted by Crippen LogP contribution is -2.44. The molecule has 0 aromatic rings. The molecule has 17 heavy (non-hydrogen) atoms. The highest BCUT2D eigenvalue weighted by Crippen LogP contribution is 2.01. The van der Waals surface area contributed by atoms with E-state index < -0.39 is 0 Å². The van der Waals surface area contributed by atoms with E-state index in [1.807, 2.05) is 25.8 Å². The summed E-state index contributed by atoms with van der Waals surface area (Å²) in [6, 6.07) is -0.170. The summed E-state index contributed by atoms with van der Waals surface area (Å²) in [5.41, 5.74) is 0. The molecule has 1 saturated heterocycles. The zero-order valence-corrected chi connectivity index (χ0v) is 11.1. The fourth-order valence-corrected chi connectivity index (χ4v) is 1.76. The van der Waals surface area contributed by atoms with Gasteiger partial charge in [0.05, 0.1) is 19.8 Å². The van der Waals surface area contributed by atoms with Gasteiger partial charge in [0.1, 0.15) is 6.04 Å². The molecule has 0 aromatic heterocycles. The molecule has 1 rings (SSSR count). The molecule has 100 valence electrons. The van der Waals surface area contributed by atoms with Gasteiger partial charge < -0.3 is 9.47 Å². The Hall–Kier alpha value is -0.650. The van der Waals surface area contributed by atoms with Crippen molar-refractivity contribution >= 4 is 5.97 Å². The van der Waals surface area contributed by atoms with Gasteiger partial charge in [0.25, 0.3) is 0 Å². The number of carbonyl (C=O) groups is 1. The van der Waals surface area contributed by atoms with Crippen LogP contribution in [0.25, 0.3) is 0 Å². The standard InChI is InChI=1S/C12H24N2O3/c1-4-17-12(15)11(2)13(3)5-6-14-7-9-16-10-8-14/h11H,4-10H2,1-3H3/t11-/m1/s1. The first-order valence-corrected chi connectivity index (χ1v) is 6.32. The SMILES string of the molecule is CCOC(=O)[C@@H](C)N(C)CCN1CCOCC1. The monoisotopic (exact) mass is 244 g/mol. The van der Waals surface area contributed by atoms with Gasteiger partial charge in [-0.2, -0.15) is 0 Å². The van der Waals surface area contributed by atoms with E-state index in [1.54, 1.807) is 0 Å². The van der Waals surface area contributed by atoms with E-state index in [-0.39, 0.29) is 12.0 Å². The van der Waals surface area contributed by atoms with Gasteiger partial charge in [-0.15, -0.1) is 0 Å². The summed E-state index contributed by atoms with van der Waals surface area (Å²) in [7, 11) is 1.96. The predicted octanol–water partition coefficient (Wildman–Crippen LogP) is 0.202. The predicted molar refractivity (Wildman–Crippen MR) is 66.0 cm³/mol. The lowest BCUT2D eigenvalue weighted by molar-refractivity contribution is -0.148. The summed E-state index contributed by atoms with van der Waals surface area (Å²) in [4.78, 5) is 15.9. The minimum atomic E-state index is -0.170.